The van der Waals surface area contributed by atoms with Gasteiger partial charge in [-0.1, -0.05) is 6.07 Å². The summed E-state index contributed by atoms with van der Waals surface area (Å²) in [7, 11) is 3.17. The molecule has 35 heavy (non-hydrogen) atoms. The lowest BCUT2D eigenvalue weighted by Gasteiger charge is -2.16. The lowest BCUT2D eigenvalue weighted by Crippen LogP contribution is -2.39. The van der Waals surface area contributed by atoms with Crippen LogP contribution < -0.4 is 34.9 Å². The molecule has 0 unspecified atom stereocenters. The van der Waals surface area contributed by atoms with Crippen LogP contribution in [0.3, 0.4) is 0 Å². The Morgan fingerprint density at radius 2 is 1.74 bits per heavy atom. The van der Waals surface area contributed by atoms with Gasteiger partial charge in [0.1, 0.15) is 11.5 Å². The van der Waals surface area contributed by atoms with E-state index in [-0.39, 0.29) is 6.79 Å². The molecule has 1 aromatic heterocycles. The summed E-state index contributed by atoms with van der Waals surface area (Å²) in [5.41, 5.74) is 3.27. The van der Waals surface area contributed by atoms with Crippen molar-refractivity contribution in [3.05, 3.63) is 59.4 Å². The molecule has 0 saturated heterocycles. The fourth-order valence-corrected chi connectivity index (χ4v) is 3.58. The molecule has 0 fully saturated rings. The maximum absolute atomic E-state index is 5.54. The van der Waals surface area contributed by atoms with Crippen LogP contribution in [-0.4, -0.2) is 42.1 Å². The third-order valence-electron chi connectivity index (χ3n) is 4.96. The molecule has 0 spiro atoms. The van der Waals surface area contributed by atoms with E-state index in [4.69, 9.17) is 31.2 Å². The third-order valence-corrected chi connectivity index (χ3v) is 5.16. The second kappa shape index (κ2) is 10.9. The molecule has 11 heteroatoms. The highest BCUT2D eigenvalue weighted by molar-refractivity contribution is 7.80. The quantitative estimate of drug-likeness (QED) is 0.266. The first-order chi connectivity index (χ1) is 16.9. The molecule has 2 aromatic carbocycles. The van der Waals surface area contributed by atoms with Gasteiger partial charge in [-0.25, -0.2) is 15.0 Å². The Balaban J connectivity index is 1.53. The predicted octanol–water partition coefficient (Wildman–Crippen LogP) is 3.79. The number of nitrogens with zero attached hydrogens (tertiary/aromatic N) is 3. The number of thiocarbonyl (C=S) groups is 1. The van der Waals surface area contributed by atoms with Crippen LogP contribution in [0.25, 0.3) is 0 Å². The van der Waals surface area contributed by atoms with E-state index in [9.17, 15) is 0 Å². The summed E-state index contributed by atoms with van der Waals surface area (Å²) in [6.45, 7) is 4.37. The van der Waals surface area contributed by atoms with Crippen molar-refractivity contribution in [3.63, 3.8) is 0 Å². The van der Waals surface area contributed by atoms with Gasteiger partial charge in [-0.05, 0) is 62.0 Å². The zero-order valence-corrected chi connectivity index (χ0v) is 20.7. The lowest BCUT2D eigenvalue weighted by molar-refractivity contribution is 0.174. The Morgan fingerprint density at radius 3 is 2.49 bits per heavy atom. The van der Waals surface area contributed by atoms with Gasteiger partial charge in [-0.15, -0.1) is 0 Å². The molecule has 10 nitrogen and oxygen atoms in total. The van der Waals surface area contributed by atoms with Crippen molar-refractivity contribution >= 4 is 34.9 Å². The summed E-state index contributed by atoms with van der Waals surface area (Å²) in [4.78, 5) is 13.5. The van der Waals surface area contributed by atoms with Gasteiger partial charge in [-0.3, -0.25) is 5.32 Å². The second-order valence-corrected chi connectivity index (χ2v) is 8.01. The van der Waals surface area contributed by atoms with Crippen molar-refractivity contribution < 1.29 is 18.9 Å². The Hall–Kier alpha value is -4.12. The first-order valence-corrected chi connectivity index (χ1v) is 11.2. The summed E-state index contributed by atoms with van der Waals surface area (Å²) in [5.74, 6) is 3.45. The van der Waals surface area contributed by atoms with E-state index in [0.29, 0.717) is 46.5 Å². The van der Waals surface area contributed by atoms with Crippen LogP contribution in [0.2, 0.25) is 0 Å². The number of benzene rings is 2. The summed E-state index contributed by atoms with van der Waals surface area (Å²) in [6.07, 6.45) is 0. The van der Waals surface area contributed by atoms with E-state index in [0.717, 1.165) is 22.7 Å². The number of anilines is 2. The molecule has 182 valence electrons. The maximum Gasteiger partial charge on any atom is 0.231 e. The molecule has 3 aromatic rings. The molecule has 0 atom stereocenters. The van der Waals surface area contributed by atoms with E-state index in [1.807, 2.05) is 50.2 Å². The number of ether oxygens (including phenoxy) is 4. The summed E-state index contributed by atoms with van der Waals surface area (Å²) in [6, 6.07) is 13.0. The minimum Gasteiger partial charge on any atom is -0.497 e. The SMILES string of the molecule is COc1ccc(NC(=S)NC(=NCc2ccc3c(c2)OCO3)Nc2nc(C)cc(C)n2)c(OC)c1. The second-order valence-electron chi connectivity index (χ2n) is 7.60. The highest BCUT2D eigenvalue weighted by Crippen LogP contribution is 2.32. The molecule has 0 amide bonds. The van der Waals surface area contributed by atoms with Gasteiger partial charge in [0.15, 0.2) is 16.6 Å². The number of aromatic nitrogens is 2. The van der Waals surface area contributed by atoms with Crippen LogP contribution in [0.15, 0.2) is 47.5 Å². The molecular formula is C24H26N6O4S. The average Bonchev–Trinajstić information content (AvgIpc) is 3.30. The smallest absolute Gasteiger partial charge is 0.231 e. The van der Waals surface area contributed by atoms with E-state index in [1.165, 1.54) is 0 Å². The van der Waals surface area contributed by atoms with E-state index >= 15 is 0 Å². The van der Waals surface area contributed by atoms with Crippen LogP contribution in [0, 0.1) is 13.8 Å². The molecule has 0 saturated carbocycles. The van der Waals surface area contributed by atoms with E-state index in [1.54, 1.807) is 20.3 Å². The molecule has 3 N–H and O–H groups in total. The molecule has 4 rings (SSSR count). The number of hydrogen-bond acceptors (Lipinski definition) is 8. The van der Waals surface area contributed by atoms with Gasteiger partial charge in [0.05, 0.1) is 26.5 Å². The highest BCUT2D eigenvalue weighted by Gasteiger charge is 2.14. The highest BCUT2D eigenvalue weighted by atomic mass is 32.1. The van der Waals surface area contributed by atoms with E-state index < -0.39 is 0 Å². The summed E-state index contributed by atoms with van der Waals surface area (Å²) in [5, 5.41) is 9.65. The minimum atomic E-state index is 0.217. The molecule has 2 heterocycles. The Kier molecular flexibility index (Phi) is 7.46. The van der Waals surface area contributed by atoms with Crippen molar-refractivity contribution in [2.45, 2.75) is 20.4 Å². The van der Waals surface area contributed by atoms with Crippen molar-refractivity contribution in [1.82, 2.24) is 15.3 Å². The maximum atomic E-state index is 5.54. The van der Waals surface area contributed by atoms with E-state index in [2.05, 4.69) is 30.9 Å². The molecular weight excluding hydrogens is 468 g/mol. The molecule has 0 aliphatic carbocycles. The van der Waals surface area contributed by atoms with Crippen molar-refractivity contribution in [3.8, 4) is 23.0 Å². The lowest BCUT2D eigenvalue weighted by atomic mass is 10.2. The Morgan fingerprint density at radius 1 is 0.971 bits per heavy atom. The summed E-state index contributed by atoms with van der Waals surface area (Å²) >= 11 is 5.54. The van der Waals surface area contributed by atoms with Gasteiger partial charge >= 0.3 is 0 Å². The van der Waals surface area contributed by atoms with Crippen LogP contribution >= 0.6 is 12.2 Å². The largest absolute Gasteiger partial charge is 0.497 e. The normalized spacial score (nSPS) is 12.2. The molecule has 1 aliphatic heterocycles. The number of aryl methyl sites for hydroxylation is 2. The third kappa shape index (κ3) is 6.27. The van der Waals surface area contributed by atoms with Crippen molar-refractivity contribution in [1.29, 1.82) is 0 Å². The topological polar surface area (TPSA) is 111 Å². The zero-order valence-electron chi connectivity index (χ0n) is 19.8. The van der Waals surface area contributed by atoms with Crippen LogP contribution in [0.5, 0.6) is 23.0 Å². The van der Waals surface area contributed by atoms with Crippen LogP contribution in [0.1, 0.15) is 17.0 Å². The first-order valence-electron chi connectivity index (χ1n) is 10.8. The molecule has 1 aliphatic rings. The molecule has 0 radical (unpaired) electrons. The number of nitrogens with one attached hydrogen (secondary N) is 3. The number of methoxy groups -OCH3 is 2. The van der Waals surface area contributed by atoms with Gasteiger partial charge in [-0.2, -0.15) is 0 Å². The fourth-order valence-electron chi connectivity index (χ4n) is 3.37. The van der Waals surface area contributed by atoms with Crippen LogP contribution in [0.4, 0.5) is 11.6 Å². The number of hydrogen-bond donors (Lipinski definition) is 3. The number of aliphatic imine (C=N–C) groups is 1. The number of rotatable bonds is 6. The fraction of sp³-hybridized carbons (Fsp3) is 0.250. The van der Waals surface area contributed by atoms with Gasteiger partial charge in [0.25, 0.3) is 0 Å². The summed E-state index contributed by atoms with van der Waals surface area (Å²) < 4.78 is 21.5. The number of guanidine groups is 1. The first kappa shape index (κ1) is 24.0. The number of fused-ring (bicyclic) bond motifs is 1. The Bertz CT molecular complexity index is 1250. The predicted molar refractivity (Wildman–Crippen MR) is 138 cm³/mol. The van der Waals surface area contributed by atoms with Crippen molar-refractivity contribution in [2.24, 2.45) is 4.99 Å². The standard InChI is InChI=1S/C24H26N6O4S/c1-14-9-15(2)27-23(26-14)29-22(25-12-16-5-8-19-21(10-16)34-13-33-19)30-24(35)28-18-7-6-17(31-3)11-20(18)32-4/h5-11H,12-13H2,1-4H3,(H3,25,26,27,28,29,30,35). The zero-order chi connectivity index (χ0) is 24.8. The van der Waals surface area contributed by atoms with Gasteiger partial charge in [0, 0.05) is 17.5 Å². The van der Waals surface area contributed by atoms with Gasteiger partial charge in [0.2, 0.25) is 18.7 Å². The monoisotopic (exact) mass is 494 g/mol. The molecule has 0 bridgehead atoms. The Labute approximate surface area is 208 Å². The minimum absolute atomic E-state index is 0.217. The van der Waals surface area contributed by atoms with Gasteiger partial charge < -0.3 is 29.6 Å². The van der Waals surface area contributed by atoms with Crippen LogP contribution in [-0.2, 0) is 6.54 Å². The van der Waals surface area contributed by atoms with Crippen molar-refractivity contribution in [2.75, 3.05) is 31.6 Å². The average molecular weight is 495 g/mol.